The molecular formula is C10H12O. The van der Waals surface area contributed by atoms with Gasteiger partial charge in [-0.3, -0.25) is 0 Å². The molecule has 1 heteroatoms. The van der Waals surface area contributed by atoms with Gasteiger partial charge in [-0.2, -0.15) is 0 Å². The molecule has 0 saturated carbocycles. The maximum Gasteiger partial charge on any atom is 0.1000 e. The van der Waals surface area contributed by atoms with Gasteiger partial charge < -0.3 is 4.74 Å². The highest BCUT2D eigenvalue weighted by Crippen LogP contribution is 2.25. The van der Waals surface area contributed by atoms with Gasteiger partial charge in [0.2, 0.25) is 0 Å². The summed E-state index contributed by atoms with van der Waals surface area (Å²) in [6.45, 7) is 2.99. The Morgan fingerprint density at radius 3 is 3.18 bits per heavy atom. The summed E-state index contributed by atoms with van der Waals surface area (Å²) in [4.78, 5) is 0. The van der Waals surface area contributed by atoms with Crippen LogP contribution in [0.25, 0.3) is 0 Å². The van der Waals surface area contributed by atoms with Crippen LogP contribution in [0.4, 0.5) is 0 Å². The standard InChI is InChI=1S/C10H12O/c1-8-2-3-10-7-9(6-8)4-5-11-10/h2-3,6H,4-5,7H2,1H3. The van der Waals surface area contributed by atoms with Crippen LogP contribution in [0.2, 0.25) is 0 Å². The van der Waals surface area contributed by atoms with Crippen molar-refractivity contribution >= 4 is 0 Å². The number of hydrogen-bond acceptors (Lipinski definition) is 1. The summed E-state index contributed by atoms with van der Waals surface area (Å²) in [7, 11) is 0. The number of allylic oxidation sites excluding steroid dienone is 5. The first kappa shape index (κ1) is 6.71. The molecule has 1 nitrogen and oxygen atoms in total. The molecule has 58 valence electrons. The fourth-order valence-corrected chi connectivity index (χ4v) is 1.50. The Kier molecular flexibility index (Phi) is 1.57. The Morgan fingerprint density at radius 2 is 2.27 bits per heavy atom. The monoisotopic (exact) mass is 148 g/mol. The summed E-state index contributed by atoms with van der Waals surface area (Å²) < 4.78 is 5.45. The van der Waals surface area contributed by atoms with E-state index >= 15 is 0 Å². The Morgan fingerprint density at radius 1 is 1.36 bits per heavy atom. The van der Waals surface area contributed by atoms with Gasteiger partial charge in [-0.05, 0) is 13.0 Å². The minimum absolute atomic E-state index is 0.860. The van der Waals surface area contributed by atoms with Crippen LogP contribution in [0.5, 0.6) is 0 Å². The Bertz CT molecular complexity index is 256. The summed E-state index contributed by atoms with van der Waals surface area (Å²) in [5.41, 5.74) is 2.84. The average molecular weight is 148 g/mol. The smallest absolute Gasteiger partial charge is 0.1000 e. The lowest BCUT2D eigenvalue weighted by molar-refractivity contribution is 0.189. The van der Waals surface area contributed by atoms with Crippen molar-refractivity contribution in [3.8, 4) is 0 Å². The van der Waals surface area contributed by atoms with Crippen molar-refractivity contribution in [3.05, 3.63) is 35.1 Å². The van der Waals surface area contributed by atoms with Gasteiger partial charge in [0.15, 0.2) is 0 Å². The second kappa shape index (κ2) is 2.57. The van der Waals surface area contributed by atoms with E-state index in [1.54, 1.807) is 0 Å². The molecule has 11 heavy (non-hydrogen) atoms. The zero-order valence-corrected chi connectivity index (χ0v) is 6.76. The largest absolute Gasteiger partial charge is 0.497 e. The second-order valence-electron chi connectivity index (χ2n) is 3.12. The van der Waals surface area contributed by atoms with Gasteiger partial charge in [-0.1, -0.05) is 23.3 Å². The highest BCUT2D eigenvalue weighted by molar-refractivity contribution is 5.33. The summed E-state index contributed by atoms with van der Waals surface area (Å²) in [6, 6.07) is 0. The van der Waals surface area contributed by atoms with Gasteiger partial charge in [0.05, 0.1) is 12.4 Å². The lowest BCUT2D eigenvalue weighted by atomic mass is 10.1. The van der Waals surface area contributed by atoms with Gasteiger partial charge in [0, 0.05) is 12.8 Å². The maximum atomic E-state index is 5.45. The van der Waals surface area contributed by atoms with E-state index in [9.17, 15) is 0 Å². The van der Waals surface area contributed by atoms with Crippen molar-refractivity contribution in [1.29, 1.82) is 0 Å². The van der Waals surface area contributed by atoms with Crippen LogP contribution in [0, 0.1) is 0 Å². The van der Waals surface area contributed by atoms with Crippen LogP contribution < -0.4 is 0 Å². The van der Waals surface area contributed by atoms with Crippen LogP contribution in [0.15, 0.2) is 35.1 Å². The van der Waals surface area contributed by atoms with Crippen molar-refractivity contribution in [3.63, 3.8) is 0 Å². The maximum absolute atomic E-state index is 5.45. The highest BCUT2D eigenvalue weighted by atomic mass is 16.5. The molecule has 1 aliphatic carbocycles. The summed E-state index contributed by atoms with van der Waals surface area (Å²) in [6.07, 6.45) is 8.59. The van der Waals surface area contributed by atoms with Gasteiger partial charge in [-0.25, -0.2) is 0 Å². The molecule has 2 rings (SSSR count). The van der Waals surface area contributed by atoms with Crippen LogP contribution in [-0.4, -0.2) is 6.61 Å². The Balaban J connectivity index is 2.35. The molecule has 0 aromatic heterocycles. The predicted octanol–water partition coefficient (Wildman–Crippen LogP) is 2.57. The molecule has 0 atom stereocenters. The number of fused-ring (bicyclic) bond motifs is 2. The van der Waals surface area contributed by atoms with E-state index in [0.717, 1.165) is 25.2 Å². The van der Waals surface area contributed by atoms with Crippen molar-refractivity contribution in [2.45, 2.75) is 19.8 Å². The van der Waals surface area contributed by atoms with E-state index in [4.69, 9.17) is 4.74 Å². The highest BCUT2D eigenvalue weighted by Gasteiger charge is 2.12. The van der Waals surface area contributed by atoms with Crippen molar-refractivity contribution < 1.29 is 4.74 Å². The van der Waals surface area contributed by atoms with Gasteiger partial charge in [-0.15, -0.1) is 0 Å². The lowest BCUT2D eigenvalue weighted by Crippen LogP contribution is -2.04. The first-order valence-electron chi connectivity index (χ1n) is 4.04. The molecule has 0 radical (unpaired) electrons. The van der Waals surface area contributed by atoms with E-state index in [-0.39, 0.29) is 0 Å². The molecule has 0 amide bonds. The van der Waals surface area contributed by atoms with Gasteiger partial charge in [0.1, 0.15) is 0 Å². The van der Waals surface area contributed by atoms with Gasteiger partial charge >= 0.3 is 0 Å². The molecule has 1 aliphatic heterocycles. The molecular weight excluding hydrogens is 136 g/mol. The fourth-order valence-electron chi connectivity index (χ4n) is 1.50. The normalized spacial score (nSPS) is 22.5. The molecule has 1 fully saturated rings. The minimum atomic E-state index is 0.860. The molecule has 1 heterocycles. The average Bonchev–Trinajstić information content (AvgIpc) is 2.12. The van der Waals surface area contributed by atoms with Crippen molar-refractivity contribution in [2.75, 3.05) is 6.61 Å². The lowest BCUT2D eigenvalue weighted by Gasteiger charge is -2.17. The van der Waals surface area contributed by atoms with E-state index in [2.05, 4.69) is 25.2 Å². The third kappa shape index (κ3) is 1.37. The molecule has 2 aliphatic rings. The van der Waals surface area contributed by atoms with E-state index in [1.165, 1.54) is 11.1 Å². The molecule has 1 saturated heterocycles. The summed E-state index contributed by atoms with van der Waals surface area (Å²) >= 11 is 0. The fraction of sp³-hybridized carbons (Fsp3) is 0.400. The third-order valence-electron chi connectivity index (χ3n) is 2.08. The topological polar surface area (TPSA) is 9.23 Å². The zero-order valence-electron chi connectivity index (χ0n) is 6.76. The second-order valence-corrected chi connectivity index (χ2v) is 3.12. The third-order valence-corrected chi connectivity index (χ3v) is 2.08. The van der Waals surface area contributed by atoms with Crippen molar-refractivity contribution in [1.82, 2.24) is 0 Å². The van der Waals surface area contributed by atoms with E-state index < -0.39 is 0 Å². The zero-order chi connectivity index (χ0) is 7.68. The number of hydrogen-bond donors (Lipinski definition) is 0. The van der Waals surface area contributed by atoms with Gasteiger partial charge in [0.25, 0.3) is 0 Å². The first-order chi connectivity index (χ1) is 5.34. The molecule has 0 N–H and O–H groups in total. The molecule has 0 unspecified atom stereocenters. The number of rotatable bonds is 0. The summed E-state index contributed by atoms with van der Waals surface area (Å²) in [5, 5.41) is 0. The molecule has 0 aromatic carbocycles. The van der Waals surface area contributed by atoms with E-state index in [1.807, 2.05) is 0 Å². The van der Waals surface area contributed by atoms with Crippen LogP contribution in [0.1, 0.15) is 19.8 Å². The summed E-state index contributed by atoms with van der Waals surface area (Å²) in [5.74, 6) is 1.12. The van der Waals surface area contributed by atoms with Crippen LogP contribution in [0.3, 0.4) is 0 Å². The molecule has 0 spiro atoms. The van der Waals surface area contributed by atoms with Crippen molar-refractivity contribution in [2.24, 2.45) is 0 Å². The molecule has 2 bridgehead atoms. The Labute approximate surface area is 67.1 Å². The van der Waals surface area contributed by atoms with Crippen LogP contribution in [-0.2, 0) is 4.74 Å². The first-order valence-corrected chi connectivity index (χ1v) is 4.04. The SMILES string of the molecule is CC1=CC=C2CC(=C1)CCO2. The molecule has 0 aromatic rings. The quantitative estimate of drug-likeness (QED) is 0.513. The predicted molar refractivity (Wildman–Crippen MR) is 45.1 cm³/mol. The number of ether oxygens (including phenoxy) is 1. The van der Waals surface area contributed by atoms with Crippen LogP contribution >= 0.6 is 0 Å². The Hall–Kier alpha value is -0.980. The minimum Gasteiger partial charge on any atom is -0.497 e. The van der Waals surface area contributed by atoms with E-state index in [0.29, 0.717) is 0 Å².